The first kappa shape index (κ1) is 22.3. The van der Waals surface area contributed by atoms with Gasteiger partial charge in [0.1, 0.15) is 11.4 Å². The van der Waals surface area contributed by atoms with Crippen LogP contribution in [0.15, 0.2) is 47.4 Å². The van der Waals surface area contributed by atoms with Gasteiger partial charge in [-0.1, -0.05) is 6.07 Å². The van der Waals surface area contributed by atoms with Gasteiger partial charge in [-0.05, 0) is 51.3 Å². The smallest absolute Gasteiger partial charge is 0.407 e. The van der Waals surface area contributed by atoms with Gasteiger partial charge in [-0.3, -0.25) is 9.36 Å². The third kappa shape index (κ3) is 6.07. The molecule has 0 spiro atoms. The van der Waals surface area contributed by atoms with Gasteiger partial charge < -0.3 is 20.3 Å². The van der Waals surface area contributed by atoms with Crippen molar-refractivity contribution in [2.75, 3.05) is 25.0 Å². The molecule has 1 aliphatic rings. The van der Waals surface area contributed by atoms with Crippen LogP contribution in [0.5, 0.6) is 0 Å². The van der Waals surface area contributed by atoms with Gasteiger partial charge in [0.25, 0.3) is 5.56 Å². The second-order valence-corrected chi connectivity index (χ2v) is 8.49. The molecular formula is C22H27FN4O4. The first-order valence-corrected chi connectivity index (χ1v) is 10.1. The van der Waals surface area contributed by atoms with Crippen LogP contribution in [0.2, 0.25) is 0 Å². The Morgan fingerprint density at radius 1 is 1.23 bits per heavy atom. The number of alkyl carbamates (subject to hydrolysis) is 1. The minimum atomic E-state index is -0.635. The Morgan fingerprint density at radius 2 is 2.00 bits per heavy atom. The molecule has 2 aromatic rings. The Morgan fingerprint density at radius 3 is 2.68 bits per heavy atom. The van der Waals surface area contributed by atoms with E-state index in [1.54, 1.807) is 50.1 Å². The van der Waals surface area contributed by atoms with Crippen LogP contribution in [-0.4, -0.2) is 46.8 Å². The lowest BCUT2D eigenvalue weighted by molar-refractivity contribution is 0.0520. The van der Waals surface area contributed by atoms with Gasteiger partial charge in [-0.25, -0.2) is 14.0 Å². The number of carbonyl (C=O) groups is 2. The summed E-state index contributed by atoms with van der Waals surface area (Å²) in [4.78, 5) is 37.8. The van der Waals surface area contributed by atoms with E-state index in [4.69, 9.17) is 4.74 Å². The molecular weight excluding hydrogens is 403 g/mol. The molecule has 3 amide bonds. The Kier molecular flexibility index (Phi) is 6.62. The number of amides is 3. The summed E-state index contributed by atoms with van der Waals surface area (Å²) >= 11 is 0. The maximum absolute atomic E-state index is 14.5. The van der Waals surface area contributed by atoms with E-state index < -0.39 is 23.5 Å². The second kappa shape index (κ2) is 9.20. The highest BCUT2D eigenvalue weighted by molar-refractivity contribution is 5.89. The normalized spacial score (nSPS) is 16.1. The van der Waals surface area contributed by atoms with Crippen LogP contribution in [0.1, 0.15) is 27.2 Å². The van der Waals surface area contributed by atoms with E-state index in [1.165, 1.54) is 22.8 Å². The second-order valence-electron chi connectivity index (χ2n) is 8.49. The van der Waals surface area contributed by atoms with E-state index in [0.29, 0.717) is 25.3 Å². The molecule has 2 heterocycles. The van der Waals surface area contributed by atoms with Crippen LogP contribution in [0.4, 0.5) is 19.7 Å². The lowest BCUT2D eigenvalue weighted by Gasteiger charge is -2.21. The quantitative estimate of drug-likeness (QED) is 0.778. The summed E-state index contributed by atoms with van der Waals surface area (Å²) in [7, 11) is 0. The molecule has 1 aromatic carbocycles. The molecule has 2 N–H and O–H groups in total. The van der Waals surface area contributed by atoms with Crippen LogP contribution < -0.4 is 16.2 Å². The first-order valence-electron chi connectivity index (χ1n) is 10.1. The van der Waals surface area contributed by atoms with Gasteiger partial charge >= 0.3 is 12.1 Å². The number of rotatable bonds is 4. The molecule has 0 aliphatic carbocycles. The van der Waals surface area contributed by atoms with E-state index in [9.17, 15) is 18.8 Å². The Hall–Kier alpha value is -3.36. The van der Waals surface area contributed by atoms with E-state index in [0.717, 1.165) is 6.42 Å². The number of pyridine rings is 1. The number of aromatic nitrogens is 1. The number of likely N-dealkylation sites (tertiary alicyclic amines) is 1. The average Bonchev–Trinajstić information content (AvgIpc) is 3.16. The molecule has 0 saturated carbocycles. The zero-order valence-corrected chi connectivity index (χ0v) is 17.9. The molecule has 8 nitrogen and oxygen atoms in total. The minimum Gasteiger partial charge on any atom is -0.444 e. The fourth-order valence-corrected chi connectivity index (χ4v) is 3.32. The minimum absolute atomic E-state index is 0.0352. The van der Waals surface area contributed by atoms with E-state index in [-0.39, 0.29) is 17.2 Å². The molecule has 1 fully saturated rings. The molecule has 9 heteroatoms. The number of hydrogen-bond donors (Lipinski definition) is 2. The van der Waals surface area contributed by atoms with Crippen molar-refractivity contribution >= 4 is 17.8 Å². The highest BCUT2D eigenvalue weighted by Gasteiger charge is 2.27. The lowest BCUT2D eigenvalue weighted by atomic mass is 10.1. The number of urea groups is 1. The van der Waals surface area contributed by atoms with Gasteiger partial charge in [0.05, 0.1) is 11.4 Å². The van der Waals surface area contributed by atoms with Crippen LogP contribution in [0.3, 0.4) is 0 Å². The highest BCUT2D eigenvalue weighted by atomic mass is 19.1. The number of nitrogens with one attached hydrogen (secondary N) is 2. The van der Waals surface area contributed by atoms with Crippen molar-refractivity contribution in [2.45, 2.75) is 32.8 Å². The van der Waals surface area contributed by atoms with Crippen molar-refractivity contribution in [1.29, 1.82) is 0 Å². The van der Waals surface area contributed by atoms with Crippen LogP contribution in [0, 0.1) is 11.7 Å². The maximum atomic E-state index is 14.5. The maximum Gasteiger partial charge on any atom is 0.407 e. The number of benzene rings is 1. The highest BCUT2D eigenvalue weighted by Crippen LogP contribution is 2.21. The summed E-state index contributed by atoms with van der Waals surface area (Å²) in [6.45, 7) is 6.72. The van der Waals surface area contributed by atoms with Gasteiger partial charge in [0.15, 0.2) is 0 Å². The molecule has 0 bridgehead atoms. The SMILES string of the molecule is CC(C)(C)OC(=O)NCC1CCN(C(=O)Nc2ccc(-n3ccccc3=O)cc2F)C1. The molecule has 1 saturated heterocycles. The van der Waals surface area contributed by atoms with Crippen LogP contribution >= 0.6 is 0 Å². The number of ether oxygens (including phenoxy) is 1. The van der Waals surface area contributed by atoms with Crippen molar-refractivity contribution in [3.63, 3.8) is 0 Å². The summed E-state index contributed by atoms with van der Waals surface area (Å²) in [5, 5.41) is 5.29. The lowest BCUT2D eigenvalue weighted by Crippen LogP contribution is -2.37. The molecule has 1 unspecified atom stereocenters. The molecule has 1 atom stereocenters. The topological polar surface area (TPSA) is 92.7 Å². The summed E-state index contributed by atoms with van der Waals surface area (Å²) < 4.78 is 21.1. The molecule has 31 heavy (non-hydrogen) atoms. The van der Waals surface area contributed by atoms with Gasteiger partial charge in [0, 0.05) is 38.0 Å². The van der Waals surface area contributed by atoms with E-state index in [2.05, 4.69) is 10.6 Å². The Labute approximate surface area is 180 Å². The van der Waals surface area contributed by atoms with Crippen molar-refractivity contribution < 1.29 is 18.7 Å². The average molecular weight is 430 g/mol. The molecule has 1 aliphatic heterocycles. The van der Waals surface area contributed by atoms with Gasteiger partial charge in [-0.15, -0.1) is 0 Å². The Bertz CT molecular complexity index is 1020. The van der Waals surface area contributed by atoms with E-state index >= 15 is 0 Å². The van der Waals surface area contributed by atoms with Gasteiger partial charge in [-0.2, -0.15) is 0 Å². The summed E-state index contributed by atoms with van der Waals surface area (Å²) in [6.07, 6.45) is 1.78. The molecule has 3 rings (SSSR count). The summed E-state index contributed by atoms with van der Waals surface area (Å²) in [6, 6.07) is 8.45. The monoisotopic (exact) mass is 430 g/mol. The summed E-state index contributed by atoms with van der Waals surface area (Å²) in [5.41, 5.74) is -0.440. The zero-order chi connectivity index (χ0) is 22.6. The van der Waals surface area contributed by atoms with Crippen molar-refractivity contribution in [1.82, 2.24) is 14.8 Å². The van der Waals surface area contributed by atoms with Crippen molar-refractivity contribution in [3.05, 3.63) is 58.8 Å². The zero-order valence-electron chi connectivity index (χ0n) is 17.9. The largest absolute Gasteiger partial charge is 0.444 e. The third-order valence-electron chi connectivity index (χ3n) is 4.80. The first-order chi connectivity index (χ1) is 14.6. The molecule has 166 valence electrons. The molecule has 1 aromatic heterocycles. The summed E-state index contributed by atoms with van der Waals surface area (Å²) in [5.74, 6) is -0.542. The fraction of sp³-hybridized carbons (Fsp3) is 0.409. The van der Waals surface area contributed by atoms with E-state index in [1.807, 2.05) is 0 Å². The Balaban J connectivity index is 1.54. The predicted octanol–water partition coefficient (Wildman–Crippen LogP) is 3.36. The van der Waals surface area contributed by atoms with Crippen molar-refractivity contribution in [2.24, 2.45) is 5.92 Å². The predicted molar refractivity (Wildman–Crippen MR) is 115 cm³/mol. The van der Waals surface area contributed by atoms with Crippen LogP contribution in [0.25, 0.3) is 5.69 Å². The number of halogens is 1. The molecule has 0 radical (unpaired) electrons. The number of hydrogen-bond acceptors (Lipinski definition) is 4. The van der Waals surface area contributed by atoms with Gasteiger partial charge in [0.2, 0.25) is 0 Å². The van der Waals surface area contributed by atoms with Crippen molar-refractivity contribution in [3.8, 4) is 5.69 Å². The van der Waals surface area contributed by atoms with Crippen LogP contribution in [-0.2, 0) is 4.74 Å². The number of nitrogens with zero attached hydrogens (tertiary/aromatic N) is 2. The number of carbonyl (C=O) groups excluding carboxylic acids is 2. The standard InChI is InChI=1S/C22H27FN4O4/c1-22(2,3)31-21(30)24-13-15-9-11-26(14-15)20(29)25-18-8-7-16(12-17(18)23)27-10-5-4-6-19(27)28/h4-8,10,12,15H,9,11,13-14H2,1-3H3,(H,24,30)(H,25,29). The fourth-order valence-electron chi connectivity index (χ4n) is 3.32. The number of anilines is 1. The third-order valence-corrected chi connectivity index (χ3v) is 4.80.